The summed E-state index contributed by atoms with van der Waals surface area (Å²) < 4.78 is 0. The first-order valence-corrected chi connectivity index (χ1v) is 5.67. The van der Waals surface area contributed by atoms with Crippen LogP contribution < -0.4 is 5.32 Å². The van der Waals surface area contributed by atoms with Gasteiger partial charge in [-0.3, -0.25) is 4.79 Å². The van der Waals surface area contributed by atoms with Gasteiger partial charge in [0.1, 0.15) is 5.54 Å². The zero-order valence-electron chi connectivity index (χ0n) is 8.37. The molecule has 1 aliphatic rings. The molecule has 14 heavy (non-hydrogen) atoms. The third-order valence-corrected chi connectivity index (χ3v) is 3.60. The van der Waals surface area contributed by atoms with Crippen LogP contribution >= 0.6 is 11.8 Å². The molecule has 0 bridgehead atoms. The fraction of sp³-hybridized carbons (Fsp3) is 0.778. The van der Waals surface area contributed by atoms with Crippen LogP contribution in [0.4, 0.5) is 4.79 Å². The van der Waals surface area contributed by atoms with Gasteiger partial charge in [-0.25, -0.2) is 4.79 Å². The van der Waals surface area contributed by atoms with Crippen LogP contribution in [0.15, 0.2) is 0 Å². The van der Waals surface area contributed by atoms with Crippen molar-refractivity contribution in [2.75, 3.05) is 5.75 Å². The number of aliphatic carboxylic acids is 1. The number of carbonyl (C=O) groups excluding carboxylic acids is 1. The standard InChI is InChI=1S/C9H15NO3S/c1-3-6(2)4-9(7(11)12)5-14-8(13)10-9/h6H,3-5H2,1-2H3,(H,10,13)(H,11,12)/t6?,9-/m0/s1. The summed E-state index contributed by atoms with van der Waals surface area (Å²) in [7, 11) is 0. The molecule has 0 spiro atoms. The molecular weight excluding hydrogens is 202 g/mol. The van der Waals surface area contributed by atoms with Gasteiger partial charge in [-0.1, -0.05) is 32.0 Å². The number of thioether (sulfide) groups is 1. The molecule has 2 N–H and O–H groups in total. The highest BCUT2D eigenvalue weighted by Crippen LogP contribution is 2.30. The van der Waals surface area contributed by atoms with E-state index in [0.717, 1.165) is 18.2 Å². The fourth-order valence-electron chi connectivity index (χ4n) is 1.51. The van der Waals surface area contributed by atoms with Gasteiger partial charge >= 0.3 is 5.97 Å². The van der Waals surface area contributed by atoms with E-state index in [2.05, 4.69) is 5.32 Å². The van der Waals surface area contributed by atoms with Gasteiger partial charge in [0.05, 0.1) is 0 Å². The van der Waals surface area contributed by atoms with E-state index < -0.39 is 11.5 Å². The van der Waals surface area contributed by atoms with Crippen molar-refractivity contribution < 1.29 is 14.7 Å². The zero-order chi connectivity index (χ0) is 10.8. The average molecular weight is 217 g/mol. The molecule has 5 heteroatoms. The molecule has 0 saturated carbocycles. The zero-order valence-corrected chi connectivity index (χ0v) is 9.19. The van der Waals surface area contributed by atoms with E-state index in [4.69, 9.17) is 5.11 Å². The molecule has 2 atom stereocenters. The molecule has 1 heterocycles. The summed E-state index contributed by atoms with van der Waals surface area (Å²) in [5, 5.41) is 11.4. The second-order valence-electron chi connectivity index (χ2n) is 3.81. The molecular formula is C9H15NO3S. The van der Waals surface area contributed by atoms with Crippen molar-refractivity contribution in [1.82, 2.24) is 5.32 Å². The average Bonchev–Trinajstić information content (AvgIpc) is 2.48. The van der Waals surface area contributed by atoms with Crippen LogP contribution in [0.25, 0.3) is 0 Å². The van der Waals surface area contributed by atoms with Gasteiger partial charge in [0.25, 0.3) is 5.24 Å². The lowest BCUT2D eigenvalue weighted by Gasteiger charge is -2.25. The summed E-state index contributed by atoms with van der Waals surface area (Å²) in [5.41, 5.74) is -1.03. The Bertz CT molecular complexity index is 256. The Balaban J connectivity index is 2.73. The number of nitrogens with one attached hydrogen (secondary N) is 1. The van der Waals surface area contributed by atoms with E-state index >= 15 is 0 Å². The Morgan fingerprint density at radius 1 is 1.79 bits per heavy atom. The molecule has 4 nitrogen and oxygen atoms in total. The van der Waals surface area contributed by atoms with Crippen molar-refractivity contribution in [2.24, 2.45) is 5.92 Å². The summed E-state index contributed by atoms with van der Waals surface area (Å²) in [6.07, 6.45) is 1.44. The minimum Gasteiger partial charge on any atom is -0.479 e. The van der Waals surface area contributed by atoms with E-state index in [-0.39, 0.29) is 5.24 Å². The van der Waals surface area contributed by atoms with Crippen molar-refractivity contribution in [3.8, 4) is 0 Å². The van der Waals surface area contributed by atoms with Gasteiger partial charge in [-0.05, 0) is 12.3 Å². The van der Waals surface area contributed by atoms with Crippen LogP contribution in [-0.4, -0.2) is 27.6 Å². The summed E-state index contributed by atoms with van der Waals surface area (Å²) in [4.78, 5) is 22.1. The van der Waals surface area contributed by atoms with E-state index in [1.807, 2.05) is 13.8 Å². The molecule has 1 amide bonds. The number of hydrogen-bond acceptors (Lipinski definition) is 3. The van der Waals surface area contributed by atoms with Gasteiger partial charge < -0.3 is 10.4 Å². The first kappa shape index (κ1) is 11.4. The molecule has 1 saturated heterocycles. The quantitative estimate of drug-likeness (QED) is 0.752. The number of hydrogen-bond donors (Lipinski definition) is 2. The van der Waals surface area contributed by atoms with Crippen molar-refractivity contribution in [1.29, 1.82) is 0 Å². The Hall–Kier alpha value is -0.710. The highest BCUT2D eigenvalue weighted by atomic mass is 32.2. The molecule has 80 valence electrons. The van der Waals surface area contributed by atoms with Crippen LogP contribution in [0, 0.1) is 5.92 Å². The van der Waals surface area contributed by atoms with E-state index in [9.17, 15) is 9.59 Å². The largest absolute Gasteiger partial charge is 0.479 e. The third kappa shape index (κ3) is 2.20. The van der Waals surface area contributed by atoms with E-state index in [0.29, 0.717) is 18.1 Å². The number of carbonyl (C=O) groups is 2. The number of amides is 1. The van der Waals surface area contributed by atoms with E-state index in [1.54, 1.807) is 0 Å². The van der Waals surface area contributed by atoms with Crippen LogP contribution in [0.3, 0.4) is 0 Å². The summed E-state index contributed by atoms with van der Waals surface area (Å²) in [5.74, 6) is -0.271. The topological polar surface area (TPSA) is 66.4 Å². The maximum Gasteiger partial charge on any atom is 0.330 e. The third-order valence-electron chi connectivity index (χ3n) is 2.59. The van der Waals surface area contributed by atoms with Gasteiger partial charge in [0.2, 0.25) is 0 Å². The van der Waals surface area contributed by atoms with Gasteiger partial charge in [-0.15, -0.1) is 0 Å². The Labute approximate surface area is 87.4 Å². The second kappa shape index (κ2) is 4.21. The van der Waals surface area contributed by atoms with E-state index in [1.165, 1.54) is 0 Å². The number of carboxylic acids is 1. The van der Waals surface area contributed by atoms with Crippen molar-refractivity contribution in [3.63, 3.8) is 0 Å². The number of rotatable bonds is 4. The van der Waals surface area contributed by atoms with Crippen molar-refractivity contribution >= 4 is 23.0 Å². The van der Waals surface area contributed by atoms with Crippen LogP contribution in [0.1, 0.15) is 26.7 Å². The maximum atomic E-state index is 11.1. The van der Waals surface area contributed by atoms with Gasteiger partial charge in [-0.2, -0.15) is 0 Å². The highest BCUT2D eigenvalue weighted by molar-refractivity contribution is 8.14. The molecule has 0 radical (unpaired) electrons. The predicted octanol–water partition coefficient (Wildman–Crippen LogP) is 1.70. The first-order valence-electron chi connectivity index (χ1n) is 4.68. The lowest BCUT2D eigenvalue weighted by atomic mass is 9.88. The van der Waals surface area contributed by atoms with Crippen LogP contribution in [0.2, 0.25) is 0 Å². The van der Waals surface area contributed by atoms with Crippen molar-refractivity contribution in [3.05, 3.63) is 0 Å². The monoisotopic (exact) mass is 217 g/mol. The fourth-order valence-corrected chi connectivity index (χ4v) is 2.47. The van der Waals surface area contributed by atoms with Gasteiger partial charge in [0, 0.05) is 5.75 Å². The lowest BCUT2D eigenvalue weighted by Crippen LogP contribution is -2.51. The Morgan fingerprint density at radius 2 is 2.43 bits per heavy atom. The van der Waals surface area contributed by atoms with Crippen LogP contribution in [0.5, 0.6) is 0 Å². The van der Waals surface area contributed by atoms with Gasteiger partial charge in [0.15, 0.2) is 0 Å². The number of carboxylic acid groups (broad SMARTS) is 1. The lowest BCUT2D eigenvalue weighted by molar-refractivity contribution is -0.143. The normalized spacial score (nSPS) is 28.6. The molecule has 1 unspecified atom stereocenters. The minimum atomic E-state index is -1.03. The SMILES string of the molecule is CCC(C)C[C@@]1(C(=O)O)CSC(=O)N1. The smallest absolute Gasteiger partial charge is 0.330 e. The Morgan fingerprint density at radius 3 is 2.79 bits per heavy atom. The molecule has 0 aromatic heterocycles. The summed E-state index contributed by atoms with van der Waals surface area (Å²) >= 11 is 1.05. The molecule has 1 aliphatic heterocycles. The molecule has 1 fully saturated rings. The second-order valence-corrected chi connectivity index (χ2v) is 4.75. The predicted molar refractivity (Wildman–Crippen MR) is 55.4 cm³/mol. The van der Waals surface area contributed by atoms with Crippen molar-refractivity contribution in [2.45, 2.75) is 32.2 Å². The first-order chi connectivity index (χ1) is 6.50. The highest BCUT2D eigenvalue weighted by Gasteiger charge is 2.45. The summed E-state index contributed by atoms with van der Waals surface area (Å²) in [6, 6.07) is 0. The maximum absolute atomic E-state index is 11.1. The van der Waals surface area contributed by atoms with Crippen LogP contribution in [-0.2, 0) is 4.79 Å². The molecule has 0 aromatic carbocycles. The minimum absolute atomic E-state index is 0.226. The molecule has 0 aromatic rings. The Kier molecular flexibility index (Phi) is 3.42. The summed E-state index contributed by atoms with van der Waals surface area (Å²) in [6.45, 7) is 4.02. The molecule has 1 rings (SSSR count). The molecule has 0 aliphatic carbocycles.